The molecule has 9 heteroatoms. The van der Waals surface area contributed by atoms with Crippen molar-refractivity contribution < 1.29 is 13.2 Å². The molecule has 0 unspecified atom stereocenters. The summed E-state index contributed by atoms with van der Waals surface area (Å²) in [6.07, 6.45) is 0. The van der Waals surface area contributed by atoms with Crippen LogP contribution in [-0.4, -0.2) is 26.6 Å². The first kappa shape index (κ1) is 25.2. The third-order valence-corrected chi connectivity index (χ3v) is 7.59. The highest BCUT2D eigenvalue weighted by Crippen LogP contribution is 2.29. The number of sulfonamides is 1. The van der Waals surface area contributed by atoms with E-state index in [9.17, 15) is 13.2 Å². The molecule has 6 nitrogen and oxygen atoms in total. The van der Waals surface area contributed by atoms with Gasteiger partial charge in [0.15, 0.2) is 0 Å². The molecule has 172 valence electrons. The Morgan fingerprint density at radius 1 is 1.06 bits per heavy atom. The number of anilines is 1. The molecule has 0 aliphatic carbocycles. The number of hydrogen-bond acceptors (Lipinski definition) is 4. The van der Waals surface area contributed by atoms with E-state index in [-0.39, 0.29) is 4.90 Å². The van der Waals surface area contributed by atoms with Crippen LogP contribution in [0.3, 0.4) is 0 Å². The number of hydrazone groups is 1. The summed E-state index contributed by atoms with van der Waals surface area (Å²) in [4.78, 5) is 12.9. The van der Waals surface area contributed by atoms with Crippen molar-refractivity contribution in [3.8, 4) is 0 Å². The summed E-state index contributed by atoms with van der Waals surface area (Å²) < 4.78 is 29.1. The SMILES string of the molecule is C/C(=N/NC(=O)CN(c1ccc(Cl)cc1C)S(=O)(=O)c1ccc(C)cc1)c1cccc(I)c1. The maximum absolute atomic E-state index is 13.5. The van der Waals surface area contributed by atoms with Crippen LogP contribution in [0.2, 0.25) is 5.02 Å². The lowest BCUT2D eigenvalue weighted by atomic mass is 10.1. The second-order valence-electron chi connectivity index (χ2n) is 7.50. The van der Waals surface area contributed by atoms with E-state index < -0.39 is 22.5 Å². The van der Waals surface area contributed by atoms with Gasteiger partial charge >= 0.3 is 0 Å². The van der Waals surface area contributed by atoms with Gasteiger partial charge in [0.1, 0.15) is 6.54 Å². The summed E-state index contributed by atoms with van der Waals surface area (Å²) in [5, 5.41) is 4.63. The zero-order valence-corrected chi connectivity index (χ0v) is 22.1. The molecule has 0 fully saturated rings. The molecule has 0 saturated carbocycles. The third kappa shape index (κ3) is 6.33. The highest BCUT2D eigenvalue weighted by atomic mass is 127. The maximum atomic E-state index is 13.5. The molecular weight excluding hydrogens is 573 g/mol. The Balaban J connectivity index is 1.92. The highest BCUT2D eigenvalue weighted by molar-refractivity contribution is 14.1. The molecular formula is C24H23ClIN3O3S. The van der Waals surface area contributed by atoms with Gasteiger partial charge in [0.2, 0.25) is 0 Å². The van der Waals surface area contributed by atoms with Gasteiger partial charge in [0.25, 0.3) is 15.9 Å². The Morgan fingerprint density at radius 3 is 2.39 bits per heavy atom. The van der Waals surface area contributed by atoms with Crippen molar-refractivity contribution in [3.63, 3.8) is 0 Å². The van der Waals surface area contributed by atoms with E-state index in [0.29, 0.717) is 22.0 Å². The Hall–Kier alpha value is -2.43. The number of nitrogens with zero attached hydrogens (tertiary/aromatic N) is 2. The molecule has 0 spiro atoms. The van der Waals surface area contributed by atoms with E-state index in [2.05, 4.69) is 33.1 Å². The van der Waals surface area contributed by atoms with Crippen LogP contribution in [0.5, 0.6) is 0 Å². The van der Waals surface area contributed by atoms with Crippen LogP contribution in [0.1, 0.15) is 23.6 Å². The van der Waals surface area contributed by atoms with Crippen LogP contribution in [0.15, 0.2) is 76.7 Å². The van der Waals surface area contributed by atoms with Crippen molar-refractivity contribution in [3.05, 3.63) is 92.0 Å². The number of nitrogens with one attached hydrogen (secondary N) is 1. The molecule has 0 heterocycles. The van der Waals surface area contributed by atoms with E-state index in [1.807, 2.05) is 31.2 Å². The molecule has 33 heavy (non-hydrogen) atoms. The van der Waals surface area contributed by atoms with E-state index in [0.717, 1.165) is 19.0 Å². The van der Waals surface area contributed by atoms with Crippen LogP contribution in [0.25, 0.3) is 0 Å². The quantitative estimate of drug-likeness (QED) is 0.229. The maximum Gasteiger partial charge on any atom is 0.264 e. The van der Waals surface area contributed by atoms with E-state index >= 15 is 0 Å². The second-order valence-corrected chi connectivity index (χ2v) is 11.0. The van der Waals surface area contributed by atoms with Crippen LogP contribution in [0.4, 0.5) is 5.69 Å². The zero-order valence-electron chi connectivity index (χ0n) is 18.3. The summed E-state index contributed by atoms with van der Waals surface area (Å²) in [6, 6.07) is 19.0. The van der Waals surface area contributed by atoms with Gasteiger partial charge in [-0.15, -0.1) is 0 Å². The fourth-order valence-corrected chi connectivity index (χ4v) is 5.38. The van der Waals surface area contributed by atoms with Gasteiger partial charge in [0, 0.05) is 8.59 Å². The highest BCUT2D eigenvalue weighted by Gasteiger charge is 2.28. The fourth-order valence-electron chi connectivity index (χ4n) is 3.13. The molecule has 3 rings (SSSR count). The lowest BCUT2D eigenvalue weighted by Gasteiger charge is -2.25. The van der Waals surface area contributed by atoms with Crippen molar-refractivity contribution in [1.82, 2.24) is 5.43 Å². The molecule has 0 atom stereocenters. The second kappa shape index (κ2) is 10.7. The van der Waals surface area contributed by atoms with Gasteiger partial charge in [-0.2, -0.15) is 5.10 Å². The Kier molecular flexibility index (Phi) is 8.14. The molecule has 3 aromatic rings. The average Bonchev–Trinajstić information content (AvgIpc) is 2.76. The van der Waals surface area contributed by atoms with Crippen LogP contribution in [-0.2, 0) is 14.8 Å². The van der Waals surface area contributed by atoms with E-state index in [4.69, 9.17) is 11.6 Å². The first-order chi connectivity index (χ1) is 15.6. The summed E-state index contributed by atoms with van der Waals surface area (Å²) in [6.45, 7) is 4.95. The number of benzene rings is 3. The Morgan fingerprint density at radius 2 is 1.76 bits per heavy atom. The minimum atomic E-state index is -4.02. The smallest absolute Gasteiger partial charge is 0.264 e. The average molecular weight is 596 g/mol. The Labute approximate surface area is 212 Å². The molecule has 0 bridgehead atoms. The summed E-state index contributed by atoms with van der Waals surface area (Å²) in [5.74, 6) is -0.565. The molecule has 0 aliphatic heterocycles. The van der Waals surface area contributed by atoms with E-state index in [1.54, 1.807) is 44.2 Å². The number of amides is 1. The topological polar surface area (TPSA) is 78.8 Å². The van der Waals surface area contributed by atoms with Crippen molar-refractivity contribution in [2.45, 2.75) is 25.7 Å². The predicted octanol–water partition coefficient (Wildman–Crippen LogP) is 5.30. The number of carbonyl (C=O) groups is 1. The minimum absolute atomic E-state index is 0.0915. The minimum Gasteiger partial charge on any atom is -0.271 e. The molecule has 0 radical (unpaired) electrons. The number of rotatable bonds is 7. The van der Waals surface area contributed by atoms with Gasteiger partial charge < -0.3 is 0 Å². The third-order valence-electron chi connectivity index (χ3n) is 4.91. The number of hydrogen-bond donors (Lipinski definition) is 1. The largest absolute Gasteiger partial charge is 0.271 e. The van der Waals surface area contributed by atoms with Gasteiger partial charge in [-0.25, -0.2) is 13.8 Å². The number of carbonyl (C=O) groups excluding carboxylic acids is 1. The monoisotopic (exact) mass is 595 g/mol. The summed E-state index contributed by atoms with van der Waals surface area (Å²) >= 11 is 8.26. The summed E-state index contributed by atoms with van der Waals surface area (Å²) in [7, 11) is -4.02. The normalized spacial score (nSPS) is 11.8. The Bertz CT molecular complexity index is 1310. The lowest BCUT2D eigenvalue weighted by Crippen LogP contribution is -2.40. The van der Waals surface area contributed by atoms with Crippen molar-refractivity contribution in [1.29, 1.82) is 0 Å². The van der Waals surface area contributed by atoms with Crippen LogP contribution < -0.4 is 9.73 Å². The fraction of sp³-hybridized carbons (Fsp3) is 0.167. The predicted molar refractivity (Wildman–Crippen MR) is 141 cm³/mol. The number of halogens is 2. The first-order valence-electron chi connectivity index (χ1n) is 10.0. The molecule has 1 N–H and O–H groups in total. The standard InChI is InChI=1S/C24H23ClIN3O3S/c1-16-7-10-22(11-8-16)33(31,32)29(23-12-9-20(25)13-17(23)2)15-24(30)28-27-18(3)19-5-4-6-21(26)14-19/h4-14H,15H2,1-3H3,(H,28,30)/b27-18-. The number of aryl methyl sites for hydroxylation is 2. The van der Waals surface area contributed by atoms with Gasteiger partial charge in [-0.3, -0.25) is 9.10 Å². The lowest BCUT2D eigenvalue weighted by molar-refractivity contribution is -0.119. The zero-order chi connectivity index (χ0) is 24.2. The molecule has 0 aliphatic rings. The van der Waals surface area contributed by atoms with Gasteiger partial charge in [0.05, 0.1) is 16.3 Å². The summed E-state index contributed by atoms with van der Waals surface area (Å²) in [5.41, 5.74) is 5.88. The molecule has 3 aromatic carbocycles. The van der Waals surface area contributed by atoms with Crippen molar-refractivity contribution in [2.24, 2.45) is 5.10 Å². The molecule has 0 aromatic heterocycles. The van der Waals surface area contributed by atoms with Crippen LogP contribution >= 0.6 is 34.2 Å². The van der Waals surface area contributed by atoms with Crippen LogP contribution in [0, 0.1) is 17.4 Å². The van der Waals surface area contributed by atoms with Crippen molar-refractivity contribution in [2.75, 3.05) is 10.8 Å². The van der Waals surface area contributed by atoms with E-state index in [1.165, 1.54) is 12.1 Å². The van der Waals surface area contributed by atoms with Gasteiger partial charge in [-0.05, 0) is 97.0 Å². The molecule has 0 saturated heterocycles. The first-order valence-corrected chi connectivity index (χ1v) is 12.9. The van der Waals surface area contributed by atoms with Gasteiger partial charge in [-0.1, -0.05) is 41.4 Å². The van der Waals surface area contributed by atoms with Crippen molar-refractivity contribution >= 4 is 61.5 Å². The molecule has 1 amide bonds.